The van der Waals surface area contributed by atoms with E-state index in [9.17, 15) is 9.59 Å². The molecule has 7 heteroatoms. The van der Waals surface area contributed by atoms with Gasteiger partial charge in [-0.15, -0.1) is 0 Å². The monoisotopic (exact) mass is 414 g/mol. The highest BCUT2D eigenvalue weighted by Gasteiger charge is 2.27. The number of benzene rings is 2. The van der Waals surface area contributed by atoms with E-state index in [2.05, 4.69) is 5.32 Å². The summed E-state index contributed by atoms with van der Waals surface area (Å²) in [4.78, 5) is 29.9. The molecule has 0 bridgehead atoms. The van der Waals surface area contributed by atoms with E-state index < -0.39 is 23.6 Å². The van der Waals surface area contributed by atoms with Crippen LogP contribution in [0.25, 0.3) is 0 Å². The second-order valence-electron chi connectivity index (χ2n) is 7.94. The van der Waals surface area contributed by atoms with E-state index in [0.717, 1.165) is 21.9 Å². The van der Waals surface area contributed by atoms with Crippen LogP contribution in [-0.4, -0.2) is 42.9 Å². The molecule has 162 valence electrons. The van der Waals surface area contributed by atoms with Crippen LogP contribution >= 0.6 is 0 Å². The van der Waals surface area contributed by atoms with Gasteiger partial charge in [0.05, 0.1) is 7.11 Å². The van der Waals surface area contributed by atoms with Crippen LogP contribution in [0.3, 0.4) is 0 Å². The predicted octanol–water partition coefficient (Wildman–Crippen LogP) is 4.24. The van der Waals surface area contributed by atoms with Gasteiger partial charge in [-0.05, 0) is 57.0 Å². The number of para-hydroxylation sites is 1. The average molecular weight is 415 g/mol. The second-order valence-corrected chi connectivity index (χ2v) is 7.94. The van der Waals surface area contributed by atoms with Crippen LogP contribution in [0.15, 0.2) is 48.5 Å². The van der Waals surface area contributed by atoms with Gasteiger partial charge >= 0.3 is 6.09 Å². The first-order chi connectivity index (χ1) is 14.1. The van der Waals surface area contributed by atoms with Crippen LogP contribution in [0.1, 0.15) is 31.9 Å². The molecule has 0 radical (unpaired) electrons. The summed E-state index contributed by atoms with van der Waals surface area (Å²) in [5.41, 5.74) is 1.16. The number of rotatable bonds is 7. The van der Waals surface area contributed by atoms with Gasteiger partial charge in [-0.1, -0.05) is 30.3 Å². The number of nitrogens with zero attached hydrogens (tertiary/aromatic N) is 1. The van der Waals surface area contributed by atoms with Crippen molar-refractivity contribution >= 4 is 12.0 Å². The molecule has 0 fully saturated rings. The fraction of sp³-hybridized carbons (Fsp3) is 0.391. The number of hydrogen-bond acceptors (Lipinski definition) is 5. The first-order valence-corrected chi connectivity index (χ1v) is 9.72. The van der Waals surface area contributed by atoms with Crippen molar-refractivity contribution in [2.75, 3.05) is 14.2 Å². The summed E-state index contributed by atoms with van der Waals surface area (Å²) in [6, 6.07) is 14.3. The molecule has 2 amide bonds. The fourth-order valence-corrected chi connectivity index (χ4v) is 2.73. The molecule has 1 N–H and O–H groups in total. The summed E-state index contributed by atoms with van der Waals surface area (Å²) in [7, 11) is 2.88. The van der Waals surface area contributed by atoms with Crippen molar-refractivity contribution in [1.82, 2.24) is 10.4 Å². The van der Waals surface area contributed by atoms with Gasteiger partial charge in [-0.25, -0.2) is 9.86 Å². The number of alkyl carbamates (subject to hydrolysis) is 1. The lowest BCUT2D eigenvalue weighted by Crippen LogP contribution is -2.49. The minimum Gasteiger partial charge on any atom is -0.457 e. The number of amides is 2. The first-order valence-electron chi connectivity index (χ1n) is 9.72. The number of ether oxygens (including phenoxy) is 2. The highest BCUT2D eigenvalue weighted by Crippen LogP contribution is 2.25. The first kappa shape index (κ1) is 23.2. The molecule has 1 unspecified atom stereocenters. The molecule has 0 saturated heterocycles. The Morgan fingerprint density at radius 3 is 2.43 bits per heavy atom. The van der Waals surface area contributed by atoms with Crippen molar-refractivity contribution in [3.05, 3.63) is 59.7 Å². The molecule has 0 aliphatic rings. The molecular formula is C23H30N2O5. The maximum Gasteiger partial charge on any atom is 0.408 e. The molecular weight excluding hydrogens is 384 g/mol. The topological polar surface area (TPSA) is 77.1 Å². The zero-order chi connectivity index (χ0) is 22.3. The molecule has 0 aromatic heterocycles. The van der Waals surface area contributed by atoms with Crippen molar-refractivity contribution < 1.29 is 23.9 Å². The summed E-state index contributed by atoms with van der Waals surface area (Å²) >= 11 is 0. The number of hydrogen-bond donors (Lipinski definition) is 1. The maximum atomic E-state index is 12.7. The van der Waals surface area contributed by atoms with Gasteiger partial charge in [0.2, 0.25) is 0 Å². The third-order valence-electron chi connectivity index (χ3n) is 4.23. The van der Waals surface area contributed by atoms with E-state index in [1.165, 1.54) is 14.2 Å². The molecule has 0 saturated carbocycles. The standard InChI is InChI=1S/C23H30N2O5/c1-16-10-7-8-13-20(16)29-18-12-9-11-17(14-18)15-19(21(26)25(5)28-6)24-22(27)30-23(2,3)4/h7-14,19H,15H2,1-6H3,(H,24,27). The molecule has 2 aromatic carbocycles. The number of hydroxylamine groups is 2. The average Bonchev–Trinajstić information content (AvgIpc) is 2.67. The Morgan fingerprint density at radius 2 is 1.80 bits per heavy atom. The SMILES string of the molecule is CON(C)C(=O)C(Cc1cccc(Oc2ccccc2C)c1)NC(=O)OC(C)(C)C. The zero-order valence-corrected chi connectivity index (χ0v) is 18.4. The van der Waals surface area contributed by atoms with Crippen molar-refractivity contribution in [1.29, 1.82) is 0 Å². The molecule has 2 aromatic rings. The Balaban J connectivity index is 2.19. The van der Waals surface area contributed by atoms with E-state index >= 15 is 0 Å². The van der Waals surface area contributed by atoms with Crippen molar-refractivity contribution in [2.24, 2.45) is 0 Å². The van der Waals surface area contributed by atoms with Gasteiger partial charge in [0.25, 0.3) is 5.91 Å². The fourth-order valence-electron chi connectivity index (χ4n) is 2.73. The Kier molecular flexibility index (Phi) is 7.83. The largest absolute Gasteiger partial charge is 0.457 e. The van der Waals surface area contributed by atoms with Crippen LogP contribution in [0, 0.1) is 6.92 Å². The van der Waals surface area contributed by atoms with Gasteiger partial charge in [0.1, 0.15) is 23.1 Å². The minimum atomic E-state index is -0.862. The molecule has 0 aliphatic heterocycles. The van der Waals surface area contributed by atoms with Crippen LogP contribution in [0.2, 0.25) is 0 Å². The van der Waals surface area contributed by atoms with E-state index in [0.29, 0.717) is 5.75 Å². The Labute approximate surface area is 177 Å². The van der Waals surface area contributed by atoms with Gasteiger partial charge in [0.15, 0.2) is 0 Å². The van der Waals surface area contributed by atoms with Crippen LogP contribution < -0.4 is 10.1 Å². The zero-order valence-electron chi connectivity index (χ0n) is 18.4. The summed E-state index contributed by atoms with van der Waals surface area (Å²) in [6.07, 6.45) is -0.422. The molecule has 2 rings (SSSR count). The Hall–Kier alpha value is -3.06. The van der Waals surface area contributed by atoms with Crippen LogP contribution in [0.4, 0.5) is 4.79 Å². The summed E-state index contributed by atoms with van der Waals surface area (Å²) < 4.78 is 11.3. The van der Waals surface area contributed by atoms with Crippen molar-refractivity contribution in [2.45, 2.75) is 45.8 Å². The van der Waals surface area contributed by atoms with E-state index in [4.69, 9.17) is 14.3 Å². The summed E-state index contributed by atoms with van der Waals surface area (Å²) in [6.45, 7) is 7.25. The summed E-state index contributed by atoms with van der Waals surface area (Å²) in [5.74, 6) is 1.01. The molecule has 1 atom stereocenters. The van der Waals surface area contributed by atoms with E-state index in [-0.39, 0.29) is 6.42 Å². The predicted molar refractivity (Wildman–Crippen MR) is 114 cm³/mol. The number of carbonyl (C=O) groups excluding carboxylic acids is 2. The molecule has 0 spiro atoms. The highest BCUT2D eigenvalue weighted by molar-refractivity contribution is 5.85. The van der Waals surface area contributed by atoms with Gasteiger partial charge in [0, 0.05) is 13.5 Å². The number of nitrogens with one attached hydrogen (secondary N) is 1. The normalized spacial score (nSPS) is 12.1. The minimum absolute atomic E-state index is 0.247. The van der Waals surface area contributed by atoms with Crippen molar-refractivity contribution in [3.8, 4) is 11.5 Å². The number of carbonyl (C=O) groups is 2. The van der Waals surface area contributed by atoms with Gasteiger partial charge in [-0.2, -0.15) is 0 Å². The Bertz CT molecular complexity index is 876. The second kappa shape index (κ2) is 10.1. The molecule has 0 heterocycles. The highest BCUT2D eigenvalue weighted by atomic mass is 16.7. The van der Waals surface area contributed by atoms with Gasteiger partial charge < -0.3 is 14.8 Å². The third kappa shape index (κ3) is 7.08. The molecule has 30 heavy (non-hydrogen) atoms. The number of aryl methyl sites for hydroxylation is 1. The van der Waals surface area contributed by atoms with Gasteiger partial charge in [-0.3, -0.25) is 9.63 Å². The van der Waals surface area contributed by atoms with Crippen LogP contribution in [0.5, 0.6) is 11.5 Å². The van der Waals surface area contributed by atoms with E-state index in [1.54, 1.807) is 20.8 Å². The lowest BCUT2D eigenvalue weighted by molar-refractivity contribution is -0.171. The summed E-state index contributed by atoms with van der Waals surface area (Å²) in [5, 5.41) is 3.72. The molecule has 0 aliphatic carbocycles. The maximum absolute atomic E-state index is 12.7. The molecule has 7 nitrogen and oxygen atoms in total. The lowest BCUT2D eigenvalue weighted by Gasteiger charge is -2.25. The smallest absolute Gasteiger partial charge is 0.408 e. The van der Waals surface area contributed by atoms with E-state index in [1.807, 2.05) is 55.5 Å². The number of likely N-dealkylation sites (N-methyl/N-ethyl adjacent to an activating group) is 1. The van der Waals surface area contributed by atoms with Crippen molar-refractivity contribution in [3.63, 3.8) is 0 Å². The third-order valence-corrected chi connectivity index (χ3v) is 4.23. The Morgan fingerprint density at radius 1 is 1.10 bits per heavy atom. The lowest BCUT2D eigenvalue weighted by atomic mass is 10.0. The quantitative estimate of drug-likeness (QED) is 0.686. The van der Waals surface area contributed by atoms with Crippen LogP contribution in [-0.2, 0) is 20.8 Å².